The average Bonchev–Trinajstić information content (AvgIpc) is 3.87. The predicted molar refractivity (Wildman–Crippen MR) is 271 cm³/mol. The van der Waals surface area contributed by atoms with Gasteiger partial charge in [0.1, 0.15) is 48.3 Å². The molecule has 0 saturated heterocycles. The third kappa shape index (κ3) is 26.5. The minimum Gasteiger partial charge on any atom is -0.481 e. The number of primary amides is 1. The number of aliphatic carboxylic acids is 5. The van der Waals surface area contributed by atoms with Crippen LogP contribution in [0.2, 0.25) is 0 Å². The van der Waals surface area contributed by atoms with E-state index in [2.05, 4.69) is 70.4 Å². The Kier molecular flexibility index (Phi) is 29.8. The van der Waals surface area contributed by atoms with E-state index in [1.807, 2.05) is 0 Å². The fourth-order valence-corrected chi connectivity index (χ4v) is 7.24. The van der Waals surface area contributed by atoms with Gasteiger partial charge in [-0.1, -0.05) is 34.1 Å². The van der Waals surface area contributed by atoms with Crippen molar-refractivity contribution in [1.29, 1.82) is 0 Å². The molecule has 0 aliphatic carbocycles. The molecule has 1 heterocycles. The van der Waals surface area contributed by atoms with Crippen molar-refractivity contribution >= 4 is 102 Å². The van der Waals surface area contributed by atoms with Crippen molar-refractivity contribution in [2.45, 2.75) is 146 Å². The van der Waals surface area contributed by atoms with Gasteiger partial charge in [-0.2, -0.15) is 12.6 Å². The van der Waals surface area contributed by atoms with Gasteiger partial charge < -0.3 is 89.8 Å². The molecule has 10 atom stereocenters. The van der Waals surface area contributed by atoms with Crippen LogP contribution in [0, 0.1) is 11.8 Å². The second-order valence-corrected chi connectivity index (χ2v) is 18.7. The molecule has 0 aliphatic rings. The van der Waals surface area contributed by atoms with Crippen molar-refractivity contribution in [3.05, 3.63) is 18.2 Å². The van der Waals surface area contributed by atoms with Gasteiger partial charge in [-0.15, -0.1) is 0 Å². The summed E-state index contributed by atoms with van der Waals surface area (Å²) in [6, 6.07) is -15.6. The highest BCUT2D eigenvalue weighted by molar-refractivity contribution is 7.80. The van der Waals surface area contributed by atoms with Crippen LogP contribution in [-0.4, -0.2) is 191 Å². The van der Waals surface area contributed by atoms with E-state index in [0.29, 0.717) is 0 Å². The van der Waals surface area contributed by atoms with Crippen LogP contribution in [0.25, 0.3) is 0 Å². The third-order valence-corrected chi connectivity index (χ3v) is 11.7. The van der Waals surface area contributed by atoms with Crippen molar-refractivity contribution in [3.8, 4) is 0 Å². The van der Waals surface area contributed by atoms with E-state index in [-0.39, 0.29) is 30.9 Å². The number of amides is 10. The predicted octanol–water partition coefficient (Wildman–Crippen LogP) is -6.06. The first-order valence-electron chi connectivity index (χ1n) is 24.3. The van der Waals surface area contributed by atoms with Crippen LogP contribution < -0.4 is 59.3 Å². The van der Waals surface area contributed by atoms with Crippen LogP contribution in [0.1, 0.15) is 91.2 Å². The molecule has 0 spiro atoms. The van der Waals surface area contributed by atoms with Gasteiger partial charge in [-0.25, -0.2) is 9.78 Å². The van der Waals surface area contributed by atoms with Crippen LogP contribution in [0.4, 0.5) is 0 Å². The van der Waals surface area contributed by atoms with Gasteiger partial charge in [0, 0.05) is 36.9 Å². The number of imidazole rings is 1. The summed E-state index contributed by atoms with van der Waals surface area (Å²) in [6.07, 6.45) is -3.72. The summed E-state index contributed by atoms with van der Waals surface area (Å²) in [5.74, 6) is -20.7. The van der Waals surface area contributed by atoms with E-state index in [4.69, 9.17) is 16.6 Å². The number of H-pyrrole nitrogens is 1. The summed E-state index contributed by atoms with van der Waals surface area (Å²) >= 11 is 4.04. The van der Waals surface area contributed by atoms with Crippen LogP contribution in [-0.2, 0) is 78.3 Å². The maximum Gasteiger partial charge on any atom is 0.326 e. The Hall–Kier alpha value is -8.43. The largest absolute Gasteiger partial charge is 0.481 e. The number of carbonyl (C=O) groups excluding carboxylic acids is 10. The number of carboxylic acid groups (broad SMARTS) is 5. The molecule has 0 radical (unpaired) electrons. The standard InChI is InChI=1S/C45H69N13O20S/c1-5-20(4)36(58-42(74)27(14-35(67)68)55-40(72)25(11-21-15-48-18-50-21)51-31(60)16-49-37(69)22(46)12-34(65)66)44(76)53-24(7-9-33(63)64)38(70)54-26(13-30(47)59)41(73)52-23(6-8-32(61)62)39(71)57-29(17-79)43(75)56-28(45(77)78)10-19(2)3/h15,18-20,22-29,36,79H,5-14,16-17,46H2,1-4H3,(H2,47,59)(H,48,50)(H,49,69)(H,51,60)(H,52,73)(H,53,76)(H,54,70)(H,55,72)(H,56,75)(H,57,71)(H,58,74)(H,61,62)(H,63,64)(H,65,66)(H,67,68)(H,77,78)/t20-,22-,23-,24-,25-,26-,27-,28-,29-,36-/m0/s1. The first-order chi connectivity index (χ1) is 36.9. The third-order valence-electron chi connectivity index (χ3n) is 11.3. The SMILES string of the molecule is CC[C@H](C)[C@H](NC(=O)[C@H](CC(=O)O)NC(=O)[C@H](Cc1cnc[nH]1)NC(=O)CNC(=O)[C@@H](N)CC(=O)O)C(=O)N[C@@H](CCC(=O)O)C(=O)N[C@@H](CC(N)=O)C(=O)N[C@@H](CCC(=O)O)C(=O)N[C@@H](CS)C(=O)N[C@@H](CC(C)C)C(=O)O. The summed E-state index contributed by atoms with van der Waals surface area (Å²) < 4.78 is 0. The minimum absolute atomic E-state index is 0.00362. The van der Waals surface area contributed by atoms with Crippen LogP contribution in [0.15, 0.2) is 12.5 Å². The topological polar surface area (TPSA) is 546 Å². The number of thiol groups is 1. The maximum absolute atomic E-state index is 14.1. The number of hydrogen-bond donors (Lipinski definition) is 18. The Morgan fingerprint density at radius 2 is 1.03 bits per heavy atom. The molecule has 0 aromatic carbocycles. The molecule has 1 aromatic heterocycles. The first-order valence-corrected chi connectivity index (χ1v) is 24.9. The van der Waals surface area contributed by atoms with Gasteiger partial charge in [0.25, 0.3) is 0 Å². The van der Waals surface area contributed by atoms with Crippen LogP contribution in [0.3, 0.4) is 0 Å². The summed E-state index contributed by atoms with van der Waals surface area (Å²) in [5.41, 5.74) is 11.1. The van der Waals surface area contributed by atoms with E-state index in [9.17, 15) is 92.3 Å². The van der Waals surface area contributed by atoms with Crippen molar-refractivity contribution in [2.75, 3.05) is 12.3 Å². The Morgan fingerprint density at radius 1 is 0.570 bits per heavy atom. The average molecular weight is 1140 g/mol. The Morgan fingerprint density at radius 3 is 1.48 bits per heavy atom. The number of aromatic nitrogens is 2. The molecule has 1 aromatic rings. The van der Waals surface area contributed by atoms with Gasteiger partial charge >= 0.3 is 29.8 Å². The van der Waals surface area contributed by atoms with Crippen molar-refractivity contribution in [1.82, 2.24) is 57.8 Å². The number of nitrogens with zero attached hydrogens (tertiary/aromatic N) is 1. The summed E-state index contributed by atoms with van der Waals surface area (Å²) in [6.45, 7) is 5.55. The van der Waals surface area contributed by atoms with Gasteiger partial charge in [-0.3, -0.25) is 67.1 Å². The lowest BCUT2D eigenvalue weighted by Gasteiger charge is -2.29. The fraction of sp³-hybridized carbons (Fsp3) is 0.600. The summed E-state index contributed by atoms with van der Waals surface area (Å²) in [5, 5.41) is 67.1. The maximum atomic E-state index is 14.1. The van der Waals surface area contributed by atoms with Crippen LogP contribution in [0.5, 0.6) is 0 Å². The molecule has 33 nitrogen and oxygen atoms in total. The lowest BCUT2D eigenvalue weighted by Crippen LogP contribution is -2.61. The van der Waals surface area contributed by atoms with Gasteiger partial charge in [-0.05, 0) is 31.1 Å². The molecule has 19 N–H and O–H groups in total. The lowest BCUT2D eigenvalue weighted by molar-refractivity contribution is -0.143. The Balaban J connectivity index is 3.50. The molecule has 34 heteroatoms. The highest BCUT2D eigenvalue weighted by Crippen LogP contribution is 2.13. The molecule has 0 unspecified atom stereocenters. The monoisotopic (exact) mass is 1140 g/mol. The van der Waals surface area contributed by atoms with Gasteiger partial charge in [0.05, 0.1) is 38.2 Å². The zero-order valence-electron chi connectivity index (χ0n) is 43.4. The van der Waals surface area contributed by atoms with Crippen LogP contribution >= 0.6 is 12.6 Å². The first kappa shape index (κ1) is 68.6. The molecular formula is C45H69N13O20S. The Labute approximate surface area is 455 Å². The number of rotatable bonds is 38. The quantitative estimate of drug-likeness (QED) is 0.0274. The number of carboxylic acids is 5. The molecule has 0 saturated carbocycles. The number of aromatic amines is 1. The van der Waals surface area contributed by atoms with E-state index in [0.717, 1.165) is 0 Å². The Bertz CT molecular complexity index is 2370. The molecule has 440 valence electrons. The van der Waals surface area contributed by atoms with Gasteiger partial charge in [0.15, 0.2) is 0 Å². The number of nitrogens with one attached hydrogen (secondary N) is 10. The molecule has 0 bridgehead atoms. The van der Waals surface area contributed by atoms with Crippen molar-refractivity contribution < 1.29 is 97.5 Å². The molecule has 10 amide bonds. The van der Waals surface area contributed by atoms with Crippen molar-refractivity contribution in [2.24, 2.45) is 23.3 Å². The van der Waals surface area contributed by atoms with E-state index < -0.39 is 206 Å². The fourth-order valence-electron chi connectivity index (χ4n) is 6.98. The zero-order chi connectivity index (χ0) is 60.3. The normalized spacial score (nSPS) is 14.7. The van der Waals surface area contributed by atoms with Gasteiger partial charge in [0.2, 0.25) is 59.1 Å². The molecular weight excluding hydrogens is 1070 g/mol. The van der Waals surface area contributed by atoms with Crippen molar-refractivity contribution in [3.63, 3.8) is 0 Å². The smallest absolute Gasteiger partial charge is 0.326 e. The zero-order valence-corrected chi connectivity index (χ0v) is 44.3. The minimum atomic E-state index is -2.03. The van der Waals surface area contributed by atoms with E-state index in [1.54, 1.807) is 20.8 Å². The highest BCUT2D eigenvalue weighted by Gasteiger charge is 2.37. The second kappa shape index (κ2) is 34.4. The second-order valence-electron chi connectivity index (χ2n) is 18.3. The number of hydrogen-bond acceptors (Lipinski definition) is 18. The summed E-state index contributed by atoms with van der Waals surface area (Å²) in [7, 11) is 0. The molecule has 79 heavy (non-hydrogen) atoms. The van der Waals surface area contributed by atoms with E-state index >= 15 is 0 Å². The highest BCUT2D eigenvalue weighted by atomic mass is 32.1. The molecule has 0 aliphatic heterocycles. The summed E-state index contributed by atoms with van der Waals surface area (Å²) in [4.78, 5) is 198. The molecule has 1 rings (SSSR count). The van der Waals surface area contributed by atoms with E-state index in [1.165, 1.54) is 19.4 Å². The lowest BCUT2D eigenvalue weighted by atomic mass is 9.96. The number of nitrogens with two attached hydrogens (primary N) is 2. The number of carbonyl (C=O) groups is 15. The molecule has 0 fully saturated rings.